The first-order valence-electron chi connectivity index (χ1n) is 9.70. The molecule has 2 aromatic carbocycles. The number of imide groups is 1. The molecule has 0 heterocycles. The number of urea groups is 1. The highest BCUT2D eigenvalue weighted by Gasteiger charge is 2.31. The van der Waals surface area contributed by atoms with Gasteiger partial charge in [-0.2, -0.15) is 0 Å². The highest BCUT2D eigenvalue weighted by Crippen LogP contribution is 2.26. The van der Waals surface area contributed by atoms with Crippen molar-refractivity contribution in [1.82, 2.24) is 5.32 Å². The first kappa shape index (κ1) is 21.6. The molecule has 0 aromatic heterocycles. The van der Waals surface area contributed by atoms with Crippen LogP contribution in [0.5, 0.6) is 0 Å². The number of hydrogen-bond donors (Lipinski definition) is 3. The zero-order valence-corrected chi connectivity index (χ0v) is 17.4. The van der Waals surface area contributed by atoms with Gasteiger partial charge in [0.25, 0.3) is 5.91 Å². The van der Waals surface area contributed by atoms with Gasteiger partial charge >= 0.3 is 6.03 Å². The van der Waals surface area contributed by atoms with E-state index < -0.39 is 18.0 Å². The van der Waals surface area contributed by atoms with Crippen molar-refractivity contribution in [1.29, 1.82) is 0 Å². The molecule has 0 aliphatic carbocycles. The molecule has 0 fully saturated rings. The SMILES string of the molecule is CC(C)[C@@H]([NH2+][C@H](C(=O)NC(N)=O)c1ccccc1)c1ccc(C(C)(C)C)cc1. The van der Waals surface area contributed by atoms with E-state index in [1.807, 2.05) is 35.6 Å². The molecular weight excluding hydrogens is 350 g/mol. The number of carbonyl (C=O) groups is 2. The zero-order valence-electron chi connectivity index (χ0n) is 17.4. The second-order valence-corrected chi connectivity index (χ2v) is 8.58. The molecule has 0 saturated heterocycles. The van der Waals surface area contributed by atoms with Crippen LogP contribution in [0.2, 0.25) is 0 Å². The Labute approximate surface area is 167 Å². The summed E-state index contributed by atoms with van der Waals surface area (Å²) in [4.78, 5) is 23.9. The second kappa shape index (κ2) is 9.02. The average molecular weight is 383 g/mol. The molecule has 2 rings (SSSR count). The van der Waals surface area contributed by atoms with Crippen molar-refractivity contribution in [3.63, 3.8) is 0 Å². The van der Waals surface area contributed by atoms with Gasteiger partial charge in [-0.3, -0.25) is 10.1 Å². The number of rotatable bonds is 6. The monoisotopic (exact) mass is 382 g/mol. The summed E-state index contributed by atoms with van der Waals surface area (Å²) in [5.41, 5.74) is 8.52. The van der Waals surface area contributed by atoms with E-state index in [1.54, 1.807) is 0 Å². The maximum absolute atomic E-state index is 12.7. The van der Waals surface area contributed by atoms with Crippen molar-refractivity contribution >= 4 is 11.9 Å². The summed E-state index contributed by atoms with van der Waals surface area (Å²) < 4.78 is 0. The van der Waals surface area contributed by atoms with Crippen LogP contribution in [0.15, 0.2) is 54.6 Å². The fourth-order valence-electron chi connectivity index (χ4n) is 3.34. The molecule has 0 spiro atoms. The molecule has 3 amide bonds. The molecule has 150 valence electrons. The third kappa shape index (κ3) is 5.67. The van der Waals surface area contributed by atoms with Gasteiger partial charge in [-0.05, 0) is 11.0 Å². The number of quaternary nitrogens is 1. The van der Waals surface area contributed by atoms with E-state index in [2.05, 4.69) is 64.2 Å². The normalized spacial score (nSPS) is 13.8. The third-order valence-electron chi connectivity index (χ3n) is 4.97. The molecule has 0 saturated carbocycles. The highest BCUT2D eigenvalue weighted by molar-refractivity contribution is 5.96. The molecule has 5 N–H and O–H groups in total. The summed E-state index contributed by atoms with van der Waals surface area (Å²) in [5, 5.41) is 4.25. The van der Waals surface area contributed by atoms with Crippen molar-refractivity contribution < 1.29 is 14.9 Å². The second-order valence-electron chi connectivity index (χ2n) is 8.58. The van der Waals surface area contributed by atoms with Gasteiger partial charge in [0.1, 0.15) is 6.04 Å². The number of benzene rings is 2. The van der Waals surface area contributed by atoms with Crippen LogP contribution in [0.4, 0.5) is 4.79 Å². The molecule has 5 nitrogen and oxygen atoms in total. The number of primary amides is 1. The van der Waals surface area contributed by atoms with Crippen LogP contribution < -0.4 is 16.4 Å². The summed E-state index contributed by atoms with van der Waals surface area (Å²) in [6, 6.07) is 16.7. The summed E-state index contributed by atoms with van der Waals surface area (Å²) in [6.45, 7) is 10.8. The smallest absolute Gasteiger partial charge is 0.319 e. The Morgan fingerprint density at radius 2 is 1.50 bits per heavy atom. The van der Waals surface area contributed by atoms with Crippen molar-refractivity contribution in [2.75, 3.05) is 0 Å². The van der Waals surface area contributed by atoms with Crippen LogP contribution in [-0.4, -0.2) is 11.9 Å². The topological polar surface area (TPSA) is 88.8 Å². The average Bonchev–Trinajstić information content (AvgIpc) is 2.61. The Bertz CT molecular complexity index is 793. The first-order valence-corrected chi connectivity index (χ1v) is 9.70. The van der Waals surface area contributed by atoms with E-state index in [0.29, 0.717) is 0 Å². The largest absolute Gasteiger partial charge is 0.351 e. The minimum absolute atomic E-state index is 0.0536. The molecule has 0 bridgehead atoms. The van der Waals surface area contributed by atoms with Crippen LogP contribution in [0.3, 0.4) is 0 Å². The Kier molecular flexibility index (Phi) is 6.97. The van der Waals surface area contributed by atoms with Gasteiger partial charge in [0.15, 0.2) is 6.04 Å². The van der Waals surface area contributed by atoms with Gasteiger partial charge in [0.05, 0.1) is 0 Å². The fourth-order valence-corrected chi connectivity index (χ4v) is 3.34. The summed E-state index contributed by atoms with van der Waals surface area (Å²) in [6.07, 6.45) is 0. The lowest BCUT2D eigenvalue weighted by atomic mass is 9.85. The quantitative estimate of drug-likeness (QED) is 0.716. The number of carbonyl (C=O) groups excluding carboxylic acids is 2. The number of nitrogens with one attached hydrogen (secondary N) is 1. The Hall–Kier alpha value is -2.66. The summed E-state index contributed by atoms with van der Waals surface area (Å²) in [7, 11) is 0. The van der Waals surface area contributed by atoms with E-state index in [4.69, 9.17) is 5.73 Å². The molecule has 2 aromatic rings. The maximum atomic E-state index is 12.7. The van der Waals surface area contributed by atoms with Crippen LogP contribution in [0.1, 0.15) is 63.4 Å². The predicted octanol–water partition coefficient (Wildman–Crippen LogP) is 3.18. The van der Waals surface area contributed by atoms with E-state index in [0.717, 1.165) is 11.1 Å². The molecule has 0 unspecified atom stereocenters. The van der Waals surface area contributed by atoms with Gasteiger partial charge in [0.2, 0.25) is 0 Å². The minimum atomic E-state index is -0.838. The van der Waals surface area contributed by atoms with Crippen LogP contribution in [-0.2, 0) is 10.2 Å². The van der Waals surface area contributed by atoms with Crippen LogP contribution >= 0.6 is 0 Å². The lowest BCUT2D eigenvalue weighted by Gasteiger charge is -2.26. The summed E-state index contributed by atoms with van der Waals surface area (Å²) >= 11 is 0. The molecule has 28 heavy (non-hydrogen) atoms. The molecule has 0 aliphatic rings. The lowest BCUT2D eigenvalue weighted by molar-refractivity contribution is -0.728. The number of hydrogen-bond acceptors (Lipinski definition) is 2. The van der Waals surface area contributed by atoms with Crippen molar-refractivity contribution in [3.8, 4) is 0 Å². The highest BCUT2D eigenvalue weighted by atomic mass is 16.2. The lowest BCUT2D eigenvalue weighted by Crippen LogP contribution is -2.89. The van der Waals surface area contributed by atoms with Crippen LogP contribution in [0, 0.1) is 5.92 Å². The van der Waals surface area contributed by atoms with E-state index >= 15 is 0 Å². The first-order chi connectivity index (χ1) is 13.1. The summed E-state index contributed by atoms with van der Waals surface area (Å²) in [5.74, 6) is -0.122. The molecule has 0 radical (unpaired) electrons. The zero-order chi connectivity index (χ0) is 20.9. The van der Waals surface area contributed by atoms with Gasteiger partial charge in [-0.1, -0.05) is 89.2 Å². The van der Waals surface area contributed by atoms with Gasteiger partial charge in [-0.25, -0.2) is 4.79 Å². The molecular formula is C23H32N3O2+. The van der Waals surface area contributed by atoms with Gasteiger partial charge < -0.3 is 11.1 Å². The van der Waals surface area contributed by atoms with Crippen molar-refractivity contribution in [3.05, 3.63) is 71.3 Å². The van der Waals surface area contributed by atoms with Gasteiger partial charge in [0, 0.05) is 17.0 Å². The molecule has 0 aliphatic heterocycles. The molecule has 2 atom stereocenters. The van der Waals surface area contributed by atoms with E-state index in [1.165, 1.54) is 5.56 Å². The Morgan fingerprint density at radius 1 is 0.929 bits per heavy atom. The Balaban J connectivity index is 2.35. The third-order valence-corrected chi connectivity index (χ3v) is 4.97. The van der Waals surface area contributed by atoms with Gasteiger partial charge in [-0.15, -0.1) is 0 Å². The van der Waals surface area contributed by atoms with Crippen molar-refractivity contribution in [2.24, 2.45) is 11.7 Å². The predicted molar refractivity (Wildman–Crippen MR) is 112 cm³/mol. The van der Waals surface area contributed by atoms with Crippen molar-refractivity contribution in [2.45, 2.75) is 52.1 Å². The minimum Gasteiger partial charge on any atom is -0.351 e. The van der Waals surface area contributed by atoms with E-state index in [-0.39, 0.29) is 17.4 Å². The maximum Gasteiger partial charge on any atom is 0.319 e. The van der Waals surface area contributed by atoms with Crippen LogP contribution in [0.25, 0.3) is 0 Å². The van der Waals surface area contributed by atoms with E-state index in [9.17, 15) is 9.59 Å². The molecule has 5 heteroatoms. The fraction of sp³-hybridized carbons (Fsp3) is 0.391. The number of amides is 3. The number of nitrogens with two attached hydrogens (primary N) is 2. The Morgan fingerprint density at radius 3 is 1.96 bits per heavy atom. The standard InChI is InChI=1S/C23H31N3O2/c1-15(2)19(17-11-13-18(14-12-17)23(3,4)5)25-20(21(27)26-22(24)28)16-9-7-6-8-10-16/h6-15,19-20,25H,1-5H3,(H3,24,26,27,28)/p+1/t19-,20+/m1/s1.